The second-order valence-electron chi connectivity index (χ2n) is 8.75. The van der Waals surface area contributed by atoms with E-state index in [1.807, 2.05) is 6.07 Å². The van der Waals surface area contributed by atoms with Crippen molar-refractivity contribution in [2.45, 2.75) is 12.5 Å². The summed E-state index contributed by atoms with van der Waals surface area (Å²) in [7, 11) is 0. The summed E-state index contributed by atoms with van der Waals surface area (Å²) in [5, 5.41) is 6.95. The third-order valence-corrected chi connectivity index (χ3v) is 7.00. The number of hydrogen-bond acceptors (Lipinski definition) is 4. The maximum Gasteiger partial charge on any atom is 0.258 e. The monoisotopic (exact) mass is 522 g/mol. The van der Waals surface area contributed by atoms with Gasteiger partial charge in [-0.05, 0) is 48.0 Å². The van der Waals surface area contributed by atoms with Gasteiger partial charge in [-0.15, -0.1) is 0 Å². The Kier molecular flexibility index (Phi) is 6.96. The summed E-state index contributed by atoms with van der Waals surface area (Å²) < 4.78 is 0. The lowest BCUT2D eigenvalue weighted by Crippen LogP contribution is -2.46. The number of carbonyl (C=O) groups excluding carboxylic acids is 3. The van der Waals surface area contributed by atoms with Crippen LogP contribution in [0.4, 0.5) is 11.4 Å². The van der Waals surface area contributed by atoms with Crippen LogP contribution in [0.15, 0.2) is 66.7 Å². The molecular formula is C27H24Cl2N4O3. The lowest BCUT2D eigenvalue weighted by molar-refractivity contribution is -0.116. The highest BCUT2D eigenvalue weighted by Gasteiger charge is 2.35. The SMILES string of the molecule is O=C1CC(c2ccc(Cl)cc2Cl)N(C(=O)c2ccccc2)c2ccc(C(=O)N3CCNCC3)cc2N1. The summed E-state index contributed by atoms with van der Waals surface area (Å²) in [6, 6.07) is 18.3. The number of halogens is 2. The Balaban J connectivity index is 1.62. The van der Waals surface area contributed by atoms with Crippen LogP contribution in [0, 0.1) is 0 Å². The molecule has 9 heteroatoms. The third kappa shape index (κ3) is 4.82. The molecule has 2 aliphatic rings. The number of piperazine rings is 1. The molecule has 2 N–H and O–H groups in total. The number of carbonyl (C=O) groups is 3. The van der Waals surface area contributed by atoms with Crippen LogP contribution in [0.25, 0.3) is 0 Å². The summed E-state index contributed by atoms with van der Waals surface area (Å²) in [5.74, 6) is -0.691. The zero-order valence-corrected chi connectivity index (χ0v) is 20.9. The standard InChI is InChI=1S/C27H24Cl2N4O3/c28-19-7-8-20(21(29)15-19)24-16-25(34)31-22-14-18(26(35)32-12-10-30-11-13-32)6-9-23(22)33(24)27(36)17-4-2-1-3-5-17/h1-9,14-15,24,30H,10-13,16H2,(H,31,34). The van der Waals surface area contributed by atoms with Crippen molar-refractivity contribution >= 4 is 52.3 Å². The molecule has 1 fully saturated rings. The minimum atomic E-state index is -0.682. The van der Waals surface area contributed by atoms with E-state index in [2.05, 4.69) is 10.6 Å². The fourth-order valence-electron chi connectivity index (χ4n) is 4.66. The molecule has 36 heavy (non-hydrogen) atoms. The minimum Gasteiger partial charge on any atom is -0.336 e. The molecule has 184 valence electrons. The number of anilines is 2. The van der Waals surface area contributed by atoms with Crippen molar-refractivity contribution in [3.63, 3.8) is 0 Å². The van der Waals surface area contributed by atoms with E-state index in [0.717, 1.165) is 13.1 Å². The Morgan fingerprint density at radius 1 is 0.861 bits per heavy atom. The van der Waals surface area contributed by atoms with Crippen molar-refractivity contribution in [2.75, 3.05) is 36.4 Å². The van der Waals surface area contributed by atoms with Crippen molar-refractivity contribution in [3.8, 4) is 0 Å². The van der Waals surface area contributed by atoms with Crippen LogP contribution in [0.1, 0.15) is 38.7 Å². The molecule has 3 aromatic carbocycles. The zero-order valence-electron chi connectivity index (χ0n) is 19.3. The van der Waals surface area contributed by atoms with Crippen LogP contribution in [0.2, 0.25) is 10.0 Å². The van der Waals surface area contributed by atoms with Gasteiger partial charge >= 0.3 is 0 Å². The van der Waals surface area contributed by atoms with E-state index in [1.54, 1.807) is 70.5 Å². The van der Waals surface area contributed by atoms with E-state index in [-0.39, 0.29) is 24.1 Å². The Bertz CT molecular complexity index is 1330. The third-order valence-electron chi connectivity index (χ3n) is 6.43. The largest absolute Gasteiger partial charge is 0.336 e. The van der Waals surface area contributed by atoms with Gasteiger partial charge < -0.3 is 15.5 Å². The fourth-order valence-corrected chi connectivity index (χ4v) is 5.19. The summed E-state index contributed by atoms with van der Waals surface area (Å²) >= 11 is 12.7. The molecule has 1 unspecified atom stereocenters. The van der Waals surface area contributed by atoms with E-state index in [4.69, 9.17) is 23.2 Å². The molecule has 1 atom stereocenters. The Morgan fingerprint density at radius 2 is 1.61 bits per heavy atom. The lowest BCUT2D eigenvalue weighted by atomic mass is 9.99. The average Bonchev–Trinajstić information content (AvgIpc) is 3.04. The molecule has 0 aromatic heterocycles. The molecule has 0 spiro atoms. The van der Waals surface area contributed by atoms with Gasteiger partial charge in [0.25, 0.3) is 11.8 Å². The second kappa shape index (κ2) is 10.3. The molecular weight excluding hydrogens is 499 g/mol. The molecule has 0 bridgehead atoms. The number of rotatable bonds is 3. The molecule has 0 radical (unpaired) electrons. The van der Waals surface area contributed by atoms with Crippen LogP contribution >= 0.6 is 23.2 Å². The van der Waals surface area contributed by atoms with Gasteiger partial charge in [-0.3, -0.25) is 19.3 Å². The predicted octanol–water partition coefficient (Wildman–Crippen LogP) is 4.77. The maximum absolute atomic E-state index is 13.9. The van der Waals surface area contributed by atoms with Gasteiger partial charge in [0.1, 0.15) is 0 Å². The molecule has 3 aromatic rings. The topological polar surface area (TPSA) is 81.8 Å². The van der Waals surface area contributed by atoms with Crippen molar-refractivity contribution in [1.29, 1.82) is 0 Å². The van der Waals surface area contributed by atoms with Gasteiger partial charge in [0.05, 0.1) is 23.8 Å². The minimum absolute atomic E-state index is 0.0182. The quantitative estimate of drug-likeness (QED) is 0.519. The normalized spacial score (nSPS) is 17.7. The first-order chi connectivity index (χ1) is 17.4. The van der Waals surface area contributed by atoms with E-state index in [9.17, 15) is 14.4 Å². The first kappa shape index (κ1) is 24.3. The lowest BCUT2D eigenvalue weighted by Gasteiger charge is -2.32. The van der Waals surface area contributed by atoms with Crippen molar-refractivity contribution in [3.05, 3.63) is 93.5 Å². The molecule has 2 aliphatic heterocycles. The van der Waals surface area contributed by atoms with Crippen LogP contribution in [-0.2, 0) is 4.79 Å². The molecule has 7 nitrogen and oxygen atoms in total. The van der Waals surface area contributed by atoms with Gasteiger partial charge in [0.15, 0.2) is 0 Å². The van der Waals surface area contributed by atoms with Crippen LogP contribution < -0.4 is 15.5 Å². The van der Waals surface area contributed by atoms with Gasteiger partial charge in [-0.25, -0.2) is 0 Å². The number of benzene rings is 3. The Hall–Kier alpha value is -3.39. The van der Waals surface area contributed by atoms with Crippen molar-refractivity contribution in [1.82, 2.24) is 10.2 Å². The van der Waals surface area contributed by atoms with Crippen molar-refractivity contribution in [2.24, 2.45) is 0 Å². The summed E-state index contributed by atoms with van der Waals surface area (Å²) in [6.45, 7) is 2.68. The number of nitrogens with one attached hydrogen (secondary N) is 2. The molecule has 1 saturated heterocycles. The molecule has 2 heterocycles. The van der Waals surface area contributed by atoms with Gasteiger partial charge in [0.2, 0.25) is 5.91 Å². The van der Waals surface area contributed by atoms with Gasteiger partial charge in [0, 0.05) is 47.4 Å². The number of amides is 3. The van der Waals surface area contributed by atoms with Crippen LogP contribution in [-0.4, -0.2) is 48.8 Å². The molecule has 0 aliphatic carbocycles. The van der Waals surface area contributed by atoms with E-state index in [0.29, 0.717) is 51.2 Å². The predicted molar refractivity (Wildman–Crippen MR) is 141 cm³/mol. The first-order valence-electron chi connectivity index (χ1n) is 11.7. The summed E-state index contributed by atoms with van der Waals surface area (Å²) in [4.78, 5) is 43.4. The second-order valence-corrected chi connectivity index (χ2v) is 9.59. The first-order valence-corrected chi connectivity index (χ1v) is 12.5. The van der Waals surface area contributed by atoms with E-state index in [1.165, 1.54) is 0 Å². The highest BCUT2D eigenvalue weighted by molar-refractivity contribution is 6.35. The van der Waals surface area contributed by atoms with E-state index >= 15 is 0 Å². The van der Waals surface area contributed by atoms with Crippen LogP contribution in [0.3, 0.4) is 0 Å². The highest BCUT2D eigenvalue weighted by Crippen LogP contribution is 2.42. The maximum atomic E-state index is 13.9. The Labute approximate surface area is 219 Å². The van der Waals surface area contributed by atoms with Crippen molar-refractivity contribution < 1.29 is 14.4 Å². The number of fused-ring (bicyclic) bond motifs is 1. The molecule has 5 rings (SSSR count). The van der Waals surface area contributed by atoms with E-state index < -0.39 is 6.04 Å². The number of nitrogens with zero attached hydrogens (tertiary/aromatic N) is 2. The highest BCUT2D eigenvalue weighted by atomic mass is 35.5. The van der Waals surface area contributed by atoms with Gasteiger partial charge in [-0.2, -0.15) is 0 Å². The summed E-state index contributed by atoms with van der Waals surface area (Å²) in [5.41, 5.74) is 2.41. The molecule has 3 amide bonds. The summed E-state index contributed by atoms with van der Waals surface area (Å²) in [6.07, 6.45) is -0.0182. The number of hydrogen-bond donors (Lipinski definition) is 2. The van der Waals surface area contributed by atoms with Crippen LogP contribution in [0.5, 0.6) is 0 Å². The molecule has 0 saturated carbocycles. The Morgan fingerprint density at radius 3 is 2.33 bits per heavy atom. The van der Waals surface area contributed by atoms with Gasteiger partial charge in [-0.1, -0.05) is 47.5 Å². The zero-order chi connectivity index (χ0) is 25.2. The smallest absolute Gasteiger partial charge is 0.258 e. The average molecular weight is 523 g/mol. The fraction of sp³-hybridized carbons (Fsp3) is 0.222.